The van der Waals surface area contributed by atoms with Crippen molar-refractivity contribution >= 4 is 28.8 Å². The Kier molecular flexibility index (Phi) is 6.62. The number of unbranched alkanes of at least 4 members (excludes halogenated alkanes) is 2. The Bertz CT molecular complexity index is 405. The summed E-state index contributed by atoms with van der Waals surface area (Å²) in [5.74, 6) is -1.34. The molecular formula is C13H20N2O3S. The average molecular weight is 284 g/mol. The quantitative estimate of drug-likeness (QED) is 0.576. The van der Waals surface area contributed by atoms with Crippen LogP contribution in [0.2, 0.25) is 0 Å². The number of amides is 1. The predicted molar refractivity (Wildman–Crippen MR) is 77.1 cm³/mol. The lowest BCUT2D eigenvalue weighted by Crippen LogP contribution is -2.30. The third-order valence-corrected chi connectivity index (χ3v) is 3.68. The van der Waals surface area contributed by atoms with Crippen molar-refractivity contribution in [3.05, 3.63) is 11.0 Å². The van der Waals surface area contributed by atoms with E-state index in [9.17, 15) is 9.59 Å². The molecule has 1 aliphatic rings. The summed E-state index contributed by atoms with van der Waals surface area (Å²) < 4.78 is 0. The van der Waals surface area contributed by atoms with Crippen molar-refractivity contribution in [1.29, 1.82) is 0 Å². The number of hydrogen-bond donors (Lipinski definition) is 1. The number of carboxylic acid groups (broad SMARTS) is 1. The summed E-state index contributed by atoms with van der Waals surface area (Å²) in [5, 5.41) is 9.39. The van der Waals surface area contributed by atoms with Crippen LogP contribution in [0.1, 0.15) is 39.5 Å². The van der Waals surface area contributed by atoms with Gasteiger partial charge in [-0.25, -0.2) is 4.79 Å². The van der Waals surface area contributed by atoms with E-state index in [0.29, 0.717) is 18.3 Å². The minimum Gasteiger partial charge on any atom is -0.478 e. The monoisotopic (exact) mass is 284 g/mol. The molecule has 0 aliphatic carbocycles. The molecule has 0 aromatic carbocycles. The van der Waals surface area contributed by atoms with E-state index in [2.05, 4.69) is 18.8 Å². The van der Waals surface area contributed by atoms with Gasteiger partial charge < -0.3 is 5.11 Å². The van der Waals surface area contributed by atoms with Crippen molar-refractivity contribution in [2.75, 3.05) is 13.1 Å². The minimum absolute atomic E-state index is 0.240. The summed E-state index contributed by atoms with van der Waals surface area (Å²) in [6.07, 6.45) is 4.85. The summed E-state index contributed by atoms with van der Waals surface area (Å²) in [6.45, 7) is 5.41. The number of nitrogens with zero attached hydrogens (tertiary/aromatic N) is 2. The summed E-state index contributed by atoms with van der Waals surface area (Å²) in [6, 6.07) is 0. The molecule has 106 valence electrons. The smallest absolute Gasteiger partial charge is 0.329 e. The van der Waals surface area contributed by atoms with Gasteiger partial charge in [-0.3, -0.25) is 14.7 Å². The SMILES string of the molecule is CCCC/N=C1/S/C(=C\C(=O)O)C(=O)N1CCCC. The fourth-order valence-electron chi connectivity index (χ4n) is 1.58. The van der Waals surface area contributed by atoms with Crippen molar-refractivity contribution in [2.24, 2.45) is 4.99 Å². The zero-order valence-electron chi connectivity index (χ0n) is 11.4. The molecule has 6 heteroatoms. The maximum atomic E-state index is 12.1. The lowest BCUT2D eigenvalue weighted by Gasteiger charge is -2.14. The summed E-state index contributed by atoms with van der Waals surface area (Å²) in [4.78, 5) is 29.0. The molecule has 0 unspecified atom stereocenters. The van der Waals surface area contributed by atoms with Gasteiger partial charge >= 0.3 is 5.97 Å². The van der Waals surface area contributed by atoms with Crippen LogP contribution < -0.4 is 0 Å². The van der Waals surface area contributed by atoms with Gasteiger partial charge in [0, 0.05) is 19.2 Å². The molecule has 1 heterocycles. The molecule has 1 fully saturated rings. The van der Waals surface area contributed by atoms with Gasteiger partial charge in [-0.15, -0.1) is 0 Å². The first-order valence-electron chi connectivity index (χ1n) is 6.58. The highest BCUT2D eigenvalue weighted by Crippen LogP contribution is 2.31. The molecule has 5 nitrogen and oxygen atoms in total. The van der Waals surface area contributed by atoms with Crippen LogP contribution in [0.25, 0.3) is 0 Å². The molecule has 1 saturated heterocycles. The molecular weight excluding hydrogens is 264 g/mol. The van der Waals surface area contributed by atoms with Crippen LogP contribution in [0.3, 0.4) is 0 Å². The summed E-state index contributed by atoms with van der Waals surface area (Å²) in [7, 11) is 0. The first-order valence-corrected chi connectivity index (χ1v) is 7.40. The number of rotatable bonds is 7. The van der Waals surface area contributed by atoms with E-state index < -0.39 is 5.97 Å². The molecule has 1 N–H and O–H groups in total. The van der Waals surface area contributed by atoms with Gasteiger partial charge in [0.15, 0.2) is 5.17 Å². The molecule has 0 bridgehead atoms. The topological polar surface area (TPSA) is 70.0 Å². The molecule has 1 amide bonds. The van der Waals surface area contributed by atoms with Crippen LogP contribution in [0.4, 0.5) is 0 Å². The van der Waals surface area contributed by atoms with Crippen molar-refractivity contribution in [1.82, 2.24) is 4.90 Å². The van der Waals surface area contributed by atoms with E-state index in [0.717, 1.165) is 43.5 Å². The molecule has 1 rings (SSSR count). The fraction of sp³-hybridized carbons (Fsp3) is 0.615. The highest BCUT2D eigenvalue weighted by atomic mass is 32.2. The first kappa shape index (κ1) is 15.8. The number of amidine groups is 1. The third kappa shape index (κ3) is 4.70. The van der Waals surface area contributed by atoms with E-state index in [1.807, 2.05) is 0 Å². The Morgan fingerprint density at radius 1 is 1.37 bits per heavy atom. The molecule has 0 saturated carbocycles. The van der Waals surface area contributed by atoms with Gasteiger partial charge in [0.2, 0.25) is 0 Å². The molecule has 19 heavy (non-hydrogen) atoms. The molecule has 0 aromatic rings. The number of hydrogen-bond acceptors (Lipinski definition) is 4. The van der Waals surface area contributed by atoms with Crippen LogP contribution in [0, 0.1) is 0 Å². The van der Waals surface area contributed by atoms with Crippen molar-refractivity contribution < 1.29 is 14.7 Å². The lowest BCUT2D eigenvalue weighted by atomic mass is 10.3. The van der Waals surface area contributed by atoms with E-state index in [4.69, 9.17) is 5.11 Å². The lowest BCUT2D eigenvalue weighted by molar-refractivity contribution is -0.132. The standard InChI is InChI=1S/C13H20N2O3S/c1-3-5-7-14-13-15(8-6-4-2)12(18)10(19-13)9-11(16)17/h9H,3-8H2,1-2H3,(H,16,17)/b10-9-,14-13+. The zero-order chi connectivity index (χ0) is 14.3. The highest BCUT2D eigenvalue weighted by Gasteiger charge is 2.33. The van der Waals surface area contributed by atoms with E-state index >= 15 is 0 Å². The number of aliphatic imine (C=N–C) groups is 1. The molecule has 0 atom stereocenters. The number of thioether (sulfide) groups is 1. The van der Waals surface area contributed by atoms with Gasteiger partial charge in [-0.05, 0) is 24.6 Å². The van der Waals surface area contributed by atoms with Gasteiger partial charge in [-0.2, -0.15) is 0 Å². The van der Waals surface area contributed by atoms with Crippen molar-refractivity contribution in [3.8, 4) is 0 Å². The fourth-order valence-corrected chi connectivity index (χ4v) is 2.58. The summed E-state index contributed by atoms with van der Waals surface area (Å²) >= 11 is 1.16. The van der Waals surface area contributed by atoms with Gasteiger partial charge in [-0.1, -0.05) is 26.7 Å². The van der Waals surface area contributed by atoms with Gasteiger partial charge in [0.05, 0.1) is 4.91 Å². The average Bonchev–Trinajstić information content (AvgIpc) is 2.64. The molecule has 1 aliphatic heterocycles. The van der Waals surface area contributed by atoms with Gasteiger partial charge in [0.1, 0.15) is 0 Å². The highest BCUT2D eigenvalue weighted by molar-refractivity contribution is 8.18. The zero-order valence-corrected chi connectivity index (χ0v) is 12.2. The second-order valence-electron chi connectivity index (χ2n) is 4.28. The predicted octanol–water partition coefficient (Wildman–Crippen LogP) is 2.49. The molecule has 0 aromatic heterocycles. The second kappa shape index (κ2) is 7.99. The maximum Gasteiger partial charge on any atom is 0.329 e. The van der Waals surface area contributed by atoms with E-state index in [-0.39, 0.29) is 10.8 Å². The Morgan fingerprint density at radius 3 is 2.63 bits per heavy atom. The van der Waals surface area contributed by atoms with Crippen LogP contribution in [0.15, 0.2) is 16.0 Å². The number of carbonyl (C=O) groups excluding carboxylic acids is 1. The van der Waals surface area contributed by atoms with Crippen LogP contribution in [-0.4, -0.2) is 40.1 Å². The van der Waals surface area contributed by atoms with Crippen LogP contribution >= 0.6 is 11.8 Å². The largest absolute Gasteiger partial charge is 0.478 e. The maximum absolute atomic E-state index is 12.1. The normalized spacial score (nSPS) is 19.7. The van der Waals surface area contributed by atoms with E-state index in [1.165, 1.54) is 0 Å². The van der Waals surface area contributed by atoms with Crippen LogP contribution in [-0.2, 0) is 9.59 Å². The Morgan fingerprint density at radius 2 is 2.05 bits per heavy atom. The van der Waals surface area contributed by atoms with E-state index in [1.54, 1.807) is 4.90 Å². The third-order valence-electron chi connectivity index (χ3n) is 2.64. The number of aliphatic carboxylic acids is 1. The first-order chi connectivity index (χ1) is 9.10. The Labute approximate surface area is 117 Å². The number of carboxylic acids is 1. The molecule has 0 spiro atoms. The van der Waals surface area contributed by atoms with Crippen molar-refractivity contribution in [2.45, 2.75) is 39.5 Å². The molecule has 0 radical (unpaired) electrons. The number of carbonyl (C=O) groups is 2. The van der Waals surface area contributed by atoms with Crippen LogP contribution in [0.5, 0.6) is 0 Å². The Hall–Kier alpha value is -1.30. The second-order valence-corrected chi connectivity index (χ2v) is 5.29. The Balaban J connectivity index is 2.84. The van der Waals surface area contributed by atoms with Gasteiger partial charge in [0.25, 0.3) is 5.91 Å². The minimum atomic E-state index is -1.10. The van der Waals surface area contributed by atoms with Crippen molar-refractivity contribution in [3.63, 3.8) is 0 Å². The summed E-state index contributed by atoms with van der Waals surface area (Å²) in [5.41, 5.74) is 0.